The second-order valence-corrected chi connectivity index (χ2v) is 7.69. The summed E-state index contributed by atoms with van der Waals surface area (Å²) in [5, 5.41) is 2.75. The Hall–Kier alpha value is -2.64. The van der Waals surface area contributed by atoms with Crippen molar-refractivity contribution in [3.63, 3.8) is 0 Å². The number of hydrogen-bond donors (Lipinski definition) is 2. The quantitative estimate of drug-likeness (QED) is 0.816. The smallest absolute Gasteiger partial charge is 0.344 e. The summed E-state index contributed by atoms with van der Waals surface area (Å²) in [6.45, 7) is 1.73. The van der Waals surface area contributed by atoms with Gasteiger partial charge in [0.2, 0.25) is 0 Å². The van der Waals surface area contributed by atoms with Gasteiger partial charge in [0.05, 0.1) is 11.5 Å². The molecule has 0 aliphatic heterocycles. The molecular weight excluding hydrogens is 371 g/mol. The molecule has 0 bridgehead atoms. The Morgan fingerprint density at radius 3 is 2.43 bits per heavy atom. The van der Waals surface area contributed by atoms with E-state index in [4.69, 9.17) is 0 Å². The third-order valence-electron chi connectivity index (χ3n) is 5.56. The van der Waals surface area contributed by atoms with E-state index in [0.717, 1.165) is 18.9 Å². The molecular formula is C20H20F3N3O2. The number of H-pyrrole nitrogens is 1. The van der Waals surface area contributed by atoms with E-state index in [1.165, 1.54) is 12.1 Å². The minimum atomic E-state index is -4.25. The lowest BCUT2D eigenvalue weighted by atomic mass is 9.93. The highest BCUT2D eigenvalue weighted by Crippen LogP contribution is 2.58. The van der Waals surface area contributed by atoms with Crippen LogP contribution >= 0.6 is 0 Å². The summed E-state index contributed by atoms with van der Waals surface area (Å²) in [6.07, 6.45) is -2.15. The van der Waals surface area contributed by atoms with Gasteiger partial charge in [-0.3, -0.25) is 9.59 Å². The van der Waals surface area contributed by atoms with Crippen molar-refractivity contribution in [1.82, 2.24) is 15.3 Å². The number of nitrogens with zero attached hydrogens (tertiary/aromatic N) is 1. The second-order valence-electron chi connectivity index (χ2n) is 7.69. The average molecular weight is 391 g/mol. The number of aromatic nitrogens is 2. The molecule has 1 aromatic heterocycles. The maximum Gasteiger partial charge on any atom is 0.398 e. The van der Waals surface area contributed by atoms with E-state index >= 15 is 0 Å². The van der Waals surface area contributed by atoms with Gasteiger partial charge in [0.15, 0.2) is 0 Å². The zero-order valence-electron chi connectivity index (χ0n) is 15.3. The minimum Gasteiger partial charge on any atom is -0.344 e. The lowest BCUT2D eigenvalue weighted by molar-refractivity contribution is -0.160. The summed E-state index contributed by atoms with van der Waals surface area (Å²) in [5.74, 6) is 0.240. The molecule has 148 valence electrons. The van der Waals surface area contributed by atoms with Crippen LogP contribution in [0.2, 0.25) is 0 Å². The SMILES string of the molecule is C[C@@H](NC(=O)c1cc(=O)[nH]c(C2CC2)n1)c1ccc(C2(C(F)(F)F)CC2)cc1. The van der Waals surface area contributed by atoms with Gasteiger partial charge in [-0.05, 0) is 43.7 Å². The van der Waals surface area contributed by atoms with Crippen molar-refractivity contribution in [2.24, 2.45) is 0 Å². The Morgan fingerprint density at radius 2 is 1.89 bits per heavy atom. The fourth-order valence-electron chi connectivity index (χ4n) is 3.45. The van der Waals surface area contributed by atoms with Crippen LogP contribution in [-0.2, 0) is 5.41 Å². The molecule has 1 amide bonds. The first kappa shape index (κ1) is 18.7. The summed E-state index contributed by atoms with van der Waals surface area (Å²) >= 11 is 0. The normalized spacial score (nSPS) is 19.1. The minimum absolute atomic E-state index is 0.0446. The molecule has 1 atom stereocenters. The Balaban J connectivity index is 1.47. The molecule has 0 spiro atoms. The van der Waals surface area contributed by atoms with Crippen LogP contribution in [0, 0.1) is 0 Å². The molecule has 0 radical (unpaired) electrons. The van der Waals surface area contributed by atoms with Gasteiger partial charge in [-0.25, -0.2) is 4.98 Å². The van der Waals surface area contributed by atoms with Crippen molar-refractivity contribution in [1.29, 1.82) is 0 Å². The van der Waals surface area contributed by atoms with Crippen LogP contribution in [0.4, 0.5) is 13.2 Å². The van der Waals surface area contributed by atoms with E-state index < -0.39 is 23.5 Å². The third kappa shape index (κ3) is 3.43. The van der Waals surface area contributed by atoms with E-state index in [1.807, 2.05) is 0 Å². The van der Waals surface area contributed by atoms with Crippen molar-refractivity contribution in [2.75, 3.05) is 0 Å². The van der Waals surface area contributed by atoms with E-state index in [2.05, 4.69) is 15.3 Å². The molecule has 2 N–H and O–H groups in total. The number of alkyl halides is 3. The van der Waals surface area contributed by atoms with Crippen molar-refractivity contribution in [3.8, 4) is 0 Å². The fourth-order valence-corrected chi connectivity index (χ4v) is 3.45. The zero-order valence-corrected chi connectivity index (χ0v) is 15.3. The van der Waals surface area contributed by atoms with Crippen LogP contribution in [0.25, 0.3) is 0 Å². The molecule has 8 heteroatoms. The molecule has 5 nitrogen and oxygen atoms in total. The summed E-state index contributed by atoms with van der Waals surface area (Å²) in [7, 11) is 0. The van der Waals surface area contributed by atoms with Crippen LogP contribution in [-0.4, -0.2) is 22.1 Å². The number of carbonyl (C=O) groups excluding carboxylic acids is 1. The number of carbonyl (C=O) groups is 1. The number of nitrogens with one attached hydrogen (secondary N) is 2. The molecule has 0 saturated heterocycles. The van der Waals surface area contributed by atoms with Gasteiger partial charge in [0.1, 0.15) is 11.5 Å². The largest absolute Gasteiger partial charge is 0.398 e. The fraction of sp³-hybridized carbons (Fsp3) is 0.450. The molecule has 1 aromatic carbocycles. The summed E-state index contributed by atoms with van der Waals surface area (Å²) in [5.41, 5.74) is -1.11. The molecule has 28 heavy (non-hydrogen) atoms. The molecule has 0 unspecified atom stereocenters. The summed E-state index contributed by atoms with van der Waals surface area (Å²) in [4.78, 5) is 31.1. The van der Waals surface area contributed by atoms with Gasteiger partial charge in [-0.15, -0.1) is 0 Å². The predicted molar refractivity (Wildman–Crippen MR) is 96.1 cm³/mol. The standard InChI is InChI=1S/C20H20F3N3O2/c1-11(12-4-6-14(7-5-12)19(8-9-19)20(21,22)23)24-18(28)15-10-16(27)26-17(25-15)13-2-3-13/h4-7,10-11,13H,2-3,8-9H2,1H3,(H,24,28)(H,25,26,27)/t11-/m1/s1. The van der Waals surface area contributed by atoms with E-state index in [-0.39, 0.29) is 35.6 Å². The first-order chi connectivity index (χ1) is 13.2. The molecule has 2 saturated carbocycles. The highest BCUT2D eigenvalue weighted by atomic mass is 19.4. The molecule has 2 fully saturated rings. The number of benzene rings is 1. The van der Waals surface area contributed by atoms with Crippen LogP contribution in [0.15, 0.2) is 35.1 Å². The van der Waals surface area contributed by atoms with Gasteiger partial charge >= 0.3 is 6.18 Å². The number of aromatic amines is 1. The Kier molecular flexibility index (Phi) is 4.32. The number of hydrogen-bond acceptors (Lipinski definition) is 3. The molecule has 2 aliphatic carbocycles. The summed E-state index contributed by atoms with van der Waals surface area (Å²) < 4.78 is 39.7. The van der Waals surface area contributed by atoms with Crippen LogP contribution < -0.4 is 10.9 Å². The van der Waals surface area contributed by atoms with E-state index in [9.17, 15) is 22.8 Å². The first-order valence-corrected chi connectivity index (χ1v) is 9.29. The van der Waals surface area contributed by atoms with Gasteiger partial charge < -0.3 is 10.3 Å². The van der Waals surface area contributed by atoms with Gasteiger partial charge in [-0.1, -0.05) is 24.3 Å². The maximum atomic E-state index is 13.2. The van der Waals surface area contributed by atoms with E-state index in [1.54, 1.807) is 19.1 Å². The number of rotatable bonds is 5. The van der Waals surface area contributed by atoms with Gasteiger partial charge in [-0.2, -0.15) is 13.2 Å². The number of halogens is 3. The van der Waals surface area contributed by atoms with Gasteiger partial charge in [0, 0.05) is 12.0 Å². The van der Waals surface area contributed by atoms with Crippen molar-refractivity contribution in [2.45, 2.75) is 56.2 Å². The Morgan fingerprint density at radius 1 is 1.25 bits per heavy atom. The van der Waals surface area contributed by atoms with Crippen molar-refractivity contribution >= 4 is 5.91 Å². The molecule has 2 aliphatic rings. The van der Waals surface area contributed by atoms with Crippen LogP contribution in [0.3, 0.4) is 0 Å². The predicted octanol–water partition coefficient (Wildman–Crippen LogP) is 3.73. The lowest BCUT2D eigenvalue weighted by Gasteiger charge is -2.21. The highest BCUT2D eigenvalue weighted by molar-refractivity contribution is 5.92. The molecule has 4 rings (SSSR count). The van der Waals surface area contributed by atoms with Crippen LogP contribution in [0.5, 0.6) is 0 Å². The van der Waals surface area contributed by atoms with E-state index in [0.29, 0.717) is 11.4 Å². The maximum absolute atomic E-state index is 13.2. The lowest BCUT2D eigenvalue weighted by Crippen LogP contribution is -2.30. The number of amides is 1. The molecule has 2 aromatic rings. The monoisotopic (exact) mass is 391 g/mol. The van der Waals surface area contributed by atoms with Gasteiger partial charge in [0.25, 0.3) is 11.5 Å². The zero-order chi connectivity index (χ0) is 20.1. The highest BCUT2D eigenvalue weighted by Gasteiger charge is 2.64. The second kappa shape index (κ2) is 6.46. The first-order valence-electron chi connectivity index (χ1n) is 9.29. The molecule has 1 heterocycles. The van der Waals surface area contributed by atoms with Crippen LogP contribution in [0.1, 0.15) is 72.0 Å². The Bertz CT molecular complexity index is 958. The van der Waals surface area contributed by atoms with Crippen molar-refractivity contribution in [3.05, 3.63) is 63.3 Å². The Labute approximate surface area is 159 Å². The summed E-state index contributed by atoms with van der Waals surface area (Å²) in [6, 6.07) is 6.88. The van der Waals surface area contributed by atoms with Crippen molar-refractivity contribution < 1.29 is 18.0 Å². The topological polar surface area (TPSA) is 74.8 Å². The average Bonchev–Trinajstić information content (AvgIpc) is 3.54. The third-order valence-corrected chi connectivity index (χ3v) is 5.56.